The second-order valence-corrected chi connectivity index (χ2v) is 0. The lowest BCUT2D eigenvalue weighted by atomic mass is 10.8. The molecule has 0 fully saturated rings. The van der Waals surface area contributed by atoms with Crippen LogP contribution in [-0.2, 0) is 0 Å². The Kier molecular flexibility index (Phi) is 114000. The molecule has 0 aromatic heterocycles. The Labute approximate surface area is 41.3 Å². The van der Waals surface area contributed by atoms with E-state index in [1.54, 1.807) is 0 Å². The second-order valence-electron chi connectivity index (χ2n) is 0. The van der Waals surface area contributed by atoms with Crippen molar-refractivity contribution >= 4 is 8.41 Å². The summed E-state index contributed by atoms with van der Waals surface area (Å²) in [5.74, 6) is 0. The van der Waals surface area contributed by atoms with E-state index in [4.69, 9.17) is 0 Å². The number of hydrogen-bond donors (Lipinski definition) is 1. The summed E-state index contributed by atoms with van der Waals surface area (Å²) < 4.78 is 0. The highest BCUT2D eigenvalue weighted by atomic mass is 19.0. The van der Waals surface area contributed by atoms with Crippen LogP contribution >= 0.6 is 0 Å². The van der Waals surface area contributed by atoms with Crippen molar-refractivity contribution < 1.29 is 18.8 Å². The van der Waals surface area contributed by atoms with Gasteiger partial charge in [-0.05, 0) is 7.05 Å². The van der Waals surface area contributed by atoms with E-state index in [2.05, 4.69) is 5.73 Å². The fraction of sp³-hybridized carbons (Fsp3) is 1.00. The van der Waals surface area contributed by atoms with E-state index >= 15 is 0 Å². The summed E-state index contributed by atoms with van der Waals surface area (Å²) in [7, 11) is 1.50. The van der Waals surface area contributed by atoms with Crippen LogP contribution in [0.25, 0.3) is 0 Å². The van der Waals surface area contributed by atoms with Crippen LogP contribution in [0.5, 0.6) is 0 Å². The van der Waals surface area contributed by atoms with Crippen LogP contribution in [-0.4, -0.2) is 15.5 Å². The molecule has 0 aliphatic heterocycles. The molecule has 0 saturated heterocycles. The maximum absolute atomic E-state index is 4.50. The maximum Gasteiger partial charge on any atom is 0.0814 e. The van der Waals surface area contributed by atoms with Gasteiger partial charge in [0, 0.05) is 0 Å². The zero-order chi connectivity index (χ0) is 2.00. The molecule has 52 valence electrons. The fourth-order valence-corrected chi connectivity index (χ4v) is 0. The van der Waals surface area contributed by atoms with E-state index in [9.17, 15) is 0 Å². The first-order chi connectivity index (χ1) is 1.00. The van der Waals surface area contributed by atoms with Crippen molar-refractivity contribution in [2.24, 2.45) is 5.73 Å². The van der Waals surface area contributed by atoms with Crippen molar-refractivity contribution in [3.05, 3.63) is 0 Å². The van der Waals surface area contributed by atoms with E-state index in [1.807, 2.05) is 0 Å². The Hall–Kier alpha value is -0.255. The molecule has 6 heteroatoms. The van der Waals surface area contributed by atoms with Gasteiger partial charge in [0.1, 0.15) is 0 Å². The first-order valence-electron chi connectivity index (χ1n) is 0.577. The average molecular weight is 125 g/mol. The van der Waals surface area contributed by atoms with Gasteiger partial charge in [-0.3, -0.25) is 18.8 Å². The SMILES string of the molecule is B.CN.F.F.F.F. The van der Waals surface area contributed by atoms with Crippen LogP contribution in [0.4, 0.5) is 18.8 Å². The molecule has 1 nitrogen and oxygen atoms in total. The predicted octanol–water partition coefficient (Wildman–Crippen LogP) is -0.999. The lowest BCUT2D eigenvalue weighted by Gasteiger charge is -1.19. The summed E-state index contributed by atoms with van der Waals surface area (Å²) in [6.07, 6.45) is 0. The first-order valence-corrected chi connectivity index (χ1v) is 0.577. The van der Waals surface area contributed by atoms with E-state index < -0.39 is 0 Å². The van der Waals surface area contributed by atoms with Crippen molar-refractivity contribution in [3.8, 4) is 0 Å². The van der Waals surface area contributed by atoms with Gasteiger partial charge in [-0.25, -0.2) is 0 Å². The highest BCUT2D eigenvalue weighted by Crippen LogP contribution is 0.469. The Morgan fingerprint density at radius 2 is 0.714 bits per heavy atom. The predicted molar refractivity (Wildman–Crippen MR) is 30.1 cm³/mol. The van der Waals surface area contributed by atoms with Crippen LogP contribution in [0.2, 0.25) is 0 Å². The van der Waals surface area contributed by atoms with Gasteiger partial charge in [0.2, 0.25) is 0 Å². The molecule has 0 aromatic carbocycles. The number of nitrogens with two attached hydrogens (primary N) is 1. The van der Waals surface area contributed by atoms with Crippen molar-refractivity contribution in [2.45, 2.75) is 0 Å². The van der Waals surface area contributed by atoms with Crippen LogP contribution in [0.3, 0.4) is 0 Å². The molecule has 0 aliphatic carbocycles. The molecule has 0 saturated carbocycles. The molecule has 2 N–H and O–H groups in total. The van der Waals surface area contributed by atoms with Gasteiger partial charge in [0.15, 0.2) is 0 Å². The molecule has 0 amide bonds. The monoisotopic (exact) mass is 125 g/mol. The van der Waals surface area contributed by atoms with Crippen molar-refractivity contribution in [2.75, 3.05) is 7.05 Å². The normalized spacial score (nSPS) is 0.857. The lowest BCUT2D eigenvalue weighted by molar-refractivity contribution is 1.11. The van der Waals surface area contributed by atoms with Gasteiger partial charge in [-0.1, -0.05) is 0 Å². The number of rotatable bonds is 0. The summed E-state index contributed by atoms with van der Waals surface area (Å²) in [5, 5.41) is 0. The molecular formula is CH12BF4N. The highest BCUT2D eigenvalue weighted by Gasteiger charge is 0.836. The number of hydrogen-bond acceptors (Lipinski definition) is 1. The van der Waals surface area contributed by atoms with Crippen LogP contribution in [0, 0.1) is 0 Å². The topological polar surface area (TPSA) is 26.0 Å². The minimum Gasteiger partial charge on any atom is -0.333 e. The van der Waals surface area contributed by atoms with Gasteiger partial charge >= 0.3 is 0 Å². The summed E-state index contributed by atoms with van der Waals surface area (Å²) in [6, 6.07) is 0. The molecule has 7 heavy (non-hydrogen) atoms. The third-order valence-corrected chi connectivity index (χ3v) is 0. The molecule has 0 spiro atoms. The molecule has 0 heterocycles. The third-order valence-electron chi connectivity index (χ3n) is 0. The quantitative estimate of drug-likeness (QED) is 0.326. The Bertz CT molecular complexity index is 11.7. The molecule has 0 unspecified atom stereocenters. The minimum absolute atomic E-state index is 0. The van der Waals surface area contributed by atoms with E-state index in [-0.39, 0.29) is 27.2 Å². The van der Waals surface area contributed by atoms with E-state index in [0.717, 1.165) is 0 Å². The molecule has 0 radical (unpaired) electrons. The second kappa shape index (κ2) is 1990. The number of halogens is 4. The highest BCUT2D eigenvalue weighted by molar-refractivity contribution is 5.75. The molecule has 0 rings (SSSR count). The smallest absolute Gasteiger partial charge is 0.0814 e. The largest absolute Gasteiger partial charge is 0.333 e. The van der Waals surface area contributed by atoms with E-state index in [0.29, 0.717) is 0 Å². The first kappa shape index (κ1) is 401. The molecule has 0 aromatic rings. The van der Waals surface area contributed by atoms with Gasteiger partial charge in [0.25, 0.3) is 0 Å². The standard InChI is InChI=1S/CH5N.BH3.4FH/c1-2;;;;;/h2H2,1H3;1H3;4*1H. The van der Waals surface area contributed by atoms with Crippen LogP contribution < -0.4 is 5.73 Å². The summed E-state index contributed by atoms with van der Waals surface area (Å²) in [6.45, 7) is 0. The molecular weight excluding hydrogens is 113 g/mol. The van der Waals surface area contributed by atoms with Gasteiger partial charge in [-0.2, -0.15) is 0 Å². The van der Waals surface area contributed by atoms with Gasteiger partial charge in [-0.15, -0.1) is 0 Å². The van der Waals surface area contributed by atoms with E-state index in [1.165, 1.54) is 7.05 Å². The van der Waals surface area contributed by atoms with Crippen LogP contribution in [0.1, 0.15) is 0 Å². The van der Waals surface area contributed by atoms with Crippen molar-refractivity contribution in [3.63, 3.8) is 0 Å². The Morgan fingerprint density at radius 1 is 0.714 bits per heavy atom. The van der Waals surface area contributed by atoms with Gasteiger partial charge < -0.3 is 5.73 Å². The zero-order valence-corrected chi connectivity index (χ0v) is 3.21. The average Bonchev–Trinajstić information content (AvgIpc) is 1.00. The van der Waals surface area contributed by atoms with Crippen molar-refractivity contribution in [1.82, 2.24) is 0 Å². The third kappa shape index (κ3) is 1240. The summed E-state index contributed by atoms with van der Waals surface area (Å²) >= 11 is 0. The van der Waals surface area contributed by atoms with Crippen molar-refractivity contribution in [1.29, 1.82) is 0 Å². The summed E-state index contributed by atoms with van der Waals surface area (Å²) in [4.78, 5) is 0. The zero-order valence-electron chi connectivity index (χ0n) is 3.21. The maximum atomic E-state index is 4.50. The molecule has 0 atom stereocenters. The molecule has 0 bridgehead atoms. The van der Waals surface area contributed by atoms with Crippen LogP contribution in [0.15, 0.2) is 0 Å². The Balaban J connectivity index is -0.000000000500. The minimum atomic E-state index is 0. The Morgan fingerprint density at radius 3 is 0.714 bits per heavy atom. The fourth-order valence-electron chi connectivity index (χ4n) is 0. The molecule has 0 aliphatic rings. The summed E-state index contributed by atoms with van der Waals surface area (Å²) in [5.41, 5.74) is 4.50. The lowest BCUT2D eigenvalue weighted by Crippen LogP contribution is -1.69. The van der Waals surface area contributed by atoms with Gasteiger partial charge in [0.05, 0.1) is 8.41 Å².